The summed E-state index contributed by atoms with van der Waals surface area (Å²) in [6.07, 6.45) is 8.23. The molecule has 2 aromatic rings. The maximum Gasteiger partial charge on any atom is 0.343 e. The van der Waals surface area contributed by atoms with Crippen molar-refractivity contribution in [2.24, 2.45) is 0 Å². The minimum atomic E-state index is -0.404. The zero-order valence-electron chi connectivity index (χ0n) is 17.5. The van der Waals surface area contributed by atoms with Crippen LogP contribution in [0.3, 0.4) is 0 Å². The van der Waals surface area contributed by atoms with Crippen molar-refractivity contribution >= 4 is 11.0 Å². The third kappa shape index (κ3) is 3.87. The molecular weight excluding hydrogens is 352 g/mol. The van der Waals surface area contributed by atoms with Gasteiger partial charge in [0.1, 0.15) is 23.2 Å². The van der Waals surface area contributed by atoms with Crippen LogP contribution in [0, 0.1) is 0 Å². The van der Waals surface area contributed by atoms with Gasteiger partial charge >= 0.3 is 5.63 Å². The fraction of sp³-hybridized carbons (Fsp3) is 0.458. The molecule has 4 heteroatoms. The van der Waals surface area contributed by atoms with Gasteiger partial charge in [0, 0.05) is 11.5 Å². The first-order valence-electron chi connectivity index (χ1n) is 9.98. The first-order chi connectivity index (χ1) is 13.2. The van der Waals surface area contributed by atoms with Crippen LogP contribution in [-0.4, -0.2) is 11.2 Å². The molecule has 2 unspecified atom stereocenters. The summed E-state index contributed by atoms with van der Waals surface area (Å²) in [4.78, 5) is 12.7. The molecule has 2 atom stereocenters. The van der Waals surface area contributed by atoms with Crippen molar-refractivity contribution in [3.05, 3.63) is 57.5 Å². The largest absolute Gasteiger partial charge is 0.508 e. The van der Waals surface area contributed by atoms with Gasteiger partial charge < -0.3 is 14.3 Å². The molecule has 2 heterocycles. The smallest absolute Gasteiger partial charge is 0.343 e. The molecule has 0 saturated carbocycles. The lowest BCUT2D eigenvalue weighted by molar-refractivity contribution is 0.169. The Balaban J connectivity index is 1.85. The van der Waals surface area contributed by atoms with Crippen LogP contribution in [0.4, 0.5) is 0 Å². The van der Waals surface area contributed by atoms with Gasteiger partial charge in [-0.2, -0.15) is 0 Å². The quantitative estimate of drug-likeness (QED) is 0.491. The Morgan fingerprint density at radius 3 is 2.68 bits per heavy atom. The van der Waals surface area contributed by atoms with Gasteiger partial charge in [-0.1, -0.05) is 30.2 Å². The summed E-state index contributed by atoms with van der Waals surface area (Å²) in [6, 6.07) is 4.79. The van der Waals surface area contributed by atoms with E-state index in [0.29, 0.717) is 16.9 Å². The van der Waals surface area contributed by atoms with Gasteiger partial charge in [0.05, 0.1) is 10.9 Å². The van der Waals surface area contributed by atoms with E-state index in [-0.39, 0.29) is 17.5 Å². The number of allylic oxidation sites excluding steroid dienone is 4. The van der Waals surface area contributed by atoms with Crippen molar-refractivity contribution in [3.8, 4) is 11.5 Å². The molecule has 1 aromatic carbocycles. The molecule has 0 radical (unpaired) electrons. The van der Waals surface area contributed by atoms with E-state index < -0.39 is 5.41 Å². The number of ether oxygens (including phenoxy) is 1. The minimum Gasteiger partial charge on any atom is -0.508 e. The SMILES string of the molecule is CC(C)=CCCC(C)=CCCC1(C)c2c(c3ccc(O)cc3oc2=O)OC1C. The Labute approximate surface area is 166 Å². The van der Waals surface area contributed by atoms with Crippen LogP contribution in [0.2, 0.25) is 0 Å². The molecule has 0 amide bonds. The third-order valence-corrected chi connectivity index (χ3v) is 5.85. The Morgan fingerprint density at radius 2 is 1.96 bits per heavy atom. The van der Waals surface area contributed by atoms with Gasteiger partial charge in [-0.25, -0.2) is 4.79 Å². The molecule has 4 nitrogen and oxygen atoms in total. The van der Waals surface area contributed by atoms with E-state index in [2.05, 4.69) is 39.8 Å². The molecule has 1 aromatic heterocycles. The summed E-state index contributed by atoms with van der Waals surface area (Å²) in [7, 11) is 0. The molecule has 0 aliphatic carbocycles. The van der Waals surface area contributed by atoms with Crippen LogP contribution in [-0.2, 0) is 5.41 Å². The second-order valence-corrected chi connectivity index (χ2v) is 8.36. The molecule has 3 rings (SSSR count). The Bertz CT molecular complexity index is 992. The normalized spacial score (nSPS) is 21.5. The number of fused-ring (bicyclic) bond motifs is 3. The average molecular weight is 383 g/mol. The molecule has 1 aliphatic heterocycles. The van der Waals surface area contributed by atoms with Crippen molar-refractivity contribution in [3.63, 3.8) is 0 Å². The van der Waals surface area contributed by atoms with Crippen LogP contribution in [0.5, 0.6) is 11.5 Å². The molecule has 0 spiro atoms. The number of benzene rings is 1. The van der Waals surface area contributed by atoms with Gasteiger partial charge in [0.15, 0.2) is 0 Å². The van der Waals surface area contributed by atoms with Crippen molar-refractivity contribution < 1.29 is 14.3 Å². The summed E-state index contributed by atoms with van der Waals surface area (Å²) in [5.41, 5.74) is 2.92. The van der Waals surface area contributed by atoms with Gasteiger partial charge in [0.25, 0.3) is 0 Å². The summed E-state index contributed by atoms with van der Waals surface area (Å²) in [6.45, 7) is 10.5. The van der Waals surface area contributed by atoms with Crippen LogP contribution >= 0.6 is 0 Å². The number of hydrogen-bond donors (Lipinski definition) is 1. The highest BCUT2D eigenvalue weighted by Crippen LogP contribution is 2.47. The van der Waals surface area contributed by atoms with E-state index in [1.165, 1.54) is 17.2 Å². The van der Waals surface area contributed by atoms with Gasteiger partial charge in [-0.05, 0) is 65.5 Å². The van der Waals surface area contributed by atoms with E-state index >= 15 is 0 Å². The lowest BCUT2D eigenvalue weighted by Crippen LogP contribution is -2.35. The highest BCUT2D eigenvalue weighted by Gasteiger charge is 2.46. The Hall–Kier alpha value is -2.49. The molecule has 0 bridgehead atoms. The van der Waals surface area contributed by atoms with Crippen molar-refractivity contribution in [2.45, 2.75) is 71.8 Å². The van der Waals surface area contributed by atoms with Gasteiger partial charge in [0.2, 0.25) is 0 Å². The Kier molecular flexibility index (Phi) is 5.69. The highest BCUT2D eigenvalue weighted by atomic mass is 16.5. The van der Waals surface area contributed by atoms with E-state index in [9.17, 15) is 9.90 Å². The number of rotatable bonds is 6. The zero-order valence-corrected chi connectivity index (χ0v) is 17.5. The van der Waals surface area contributed by atoms with Crippen LogP contribution in [0.25, 0.3) is 11.0 Å². The van der Waals surface area contributed by atoms with E-state index in [1.807, 2.05) is 6.92 Å². The standard InChI is InChI=1S/C24H30O4/c1-15(2)8-6-9-16(3)10-7-13-24(5)17(4)27-22-19-12-11-18(25)14-20(19)28-23(26)21(22)24/h8,10-12,14,17,25H,6-7,9,13H2,1-5H3. The van der Waals surface area contributed by atoms with Gasteiger partial charge in [-0.3, -0.25) is 0 Å². The third-order valence-electron chi connectivity index (χ3n) is 5.85. The van der Waals surface area contributed by atoms with Crippen molar-refractivity contribution in [1.29, 1.82) is 0 Å². The van der Waals surface area contributed by atoms with Crippen LogP contribution < -0.4 is 10.4 Å². The summed E-state index contributed by atoms with van der Waals surface area (Å²) >= 11 is 0. The molecule has 0 fully saturated rings. The average Bonchev–Trinajstić information content (AvgIpc) is 2.86. The fourth-order valence-electron chi connectivity index (χ4n) is 3.92. The molecule has 1 N–H and O–H groups in total. The fourth-order valence-corrected chi connectivity index (χ4v) is 3.92. The van der Waals surface area contributed by atoms with E-state index in [1.54, 1.807) is 12.1 Å². The lowest BCUT2D eigenvalue weighted by Gasteiger charge is -2.26. The van der Waals surface area contributed by atoms with E-state index in [4.69, 9.17) is 9.15 Å². The predicted octanol–water partition coefficient (Wildman–Crippen LogP) is 6.01. The summed E-state index contributed by atoms with van der Waals surface area (Å²) in [5.74, 6) is 0.670. The number of aromatic hydroxyl groups is 1. The van der Waals surface area contributed by atoms with Crippen LogP contribution in [0.1, 0.15) is 65.9 Å². The van der Waals surface area contributed by atoms with Crippen molar-refractivity contribution in [2.75, 3.05) is 0 Å². The lowest BCUT2D eigenvalue weighted by atomic mass is 9.76. The van der Waals surface area contributed by atoms with Gasteiger partial charge in [-0.15, -0.1) is 0 Å². The highest BCUT2D eigenvalue weighted by molar-refractivity contribution is 5.86. The van der Waals surface area contributed by atoms with Crippen LogP contribution in [0.15, 0.2) is 50.7 Å². The molecule has 0 saturated heterocycles. The topological polar surface area (TPSA) is 59.7 Å². The monoisotopic (exact) mass is 382 g/mol. The minimum absolute atomic E-state index is 0.0677. The Morgan fingerprint density at radius 1 is 1.21 bits per heavy atom. The summed E-state index contributed by atoms with van der Waals surface area (Å²) in [5, 5.41) is 10.4. The molecule has 28 heavy (non-hydrogen) atoms. The maximum absolute atomic E-state index is 12.7. The van der Waals surface area contributed by atoms with Crippen molar-refractivity contribution in [1.82, 2.24) is 0 Å². The molecular formula is C24H30O4. The number of phenols is 1. The second-order valence-electron chi connectivity index (χ2n) is 8.36. The predicted molar refractivity (Wildman–Crippen MR) is 113 cm³/mol. The number of phenolic OH excluding ortho intramolecular Hbond substituents is 1. The first kappa shape index (κ1) is 20.2. The number of hydrogen-bond acceptors (Lipinski definition) is 4. The zero-order chi connectivity index (χ0) is 20.5. The van der Waals surface area contributed by atoms with E-state index in [0.717, 1.165) is 31.1 Å². The second kappa shape index (κ2) is 7.86. The molecule has 1 aliphatic rings. The maximum atomic E-state index is 12.7. The summed E-state index contributed by atoms with van der Waals surface area (Å²) < 4.78 is 11.6. The first-order valence-corrected chi connectivity index (χ1v) is 9.98. The molecule has 150 valence electrons.